The molecule has 0 aliphatic carbocycles. The summed E-state index contributed by atoms with van der Waals surface area (Å²) in [5.74, 6) is 0.263. The smallest absolute Gasteiger partial charge is 0.123 e. The molecule has 0 saturated carbocycles. The topological polar surface area (TPSA) is 12.0 Å². The maximum atomic E-state index is 12.9. The van der Waals surface area contributed by atoms with Crippen LogP contribution in [-0.2, 0) is 6.42 Å². The van der Waals surface area contributed by atoms with Crippen molar-refractivity contribution in [3.8, 4) is 0 Å². The van der Waals surface area contributed by atoms with Crippen molar-refractivity contribution in [2.45, 2.75) is 19.3 Å². The Labute approximate surface area is 107 Å². The van der Waals surface area contributed by atoms with Gasteiger partial charge in [-0.25, -0.2) is 4.39 Å². The lowest BCUT2D eigenvalue weighted by atomic mass is 9.88. The van der Waals surface area contributed by atoms with E-state index in [1.807, 2.05) is 12.1 Å². The monoisotopic (exact) mass is 241 g/mol. The van der Waals surface area contributed by atoms with E-state index in [1.165, 1.54) is 22.4 Å². The summed E-state index contributed by atoms with van der Waals surface area (Å²) in [7, 11) is 0. The summed E-state index contributed by atoms with van der Waals surface area (Å²) in [6, 6.07) is 13.4. The van der Waals surface area contributed by atoms with Crippen molar-refractivity contribution in [1.82, 2.24) is 0 Å². The molecule has 1 aliphatic rings. The minimum absolute atomic E-state index is 0.168. The van der Waals surface area contributed by atoms with Crippen LogP contribution >= 0.6 is 0 Å². The summed E-state index contributed by atoms with van der Waals surface area (Å²) < 4.78 is 12.9. The van der Waals surface area contributed by atoms with Crippen molar-refractivity contribution in [2.75, 3.05) is 11.9 Å². The van der Waals surface area contributed by atoms with Gasteiger partial charge in [0.05, 0.1) is 0 Å². The molecule has 1 N–H and O–H groups in total. The predicted molar refractivity (Wildman–Crippen MR) is 72.5 cm³/mol. The lowest BCUT2D eigenvalue weighted by molar-refractivity contribution is 0.623. The number of hydrogen-bond acceptors (Lipinski definition) is 1. The average molecular weight is 241 g/mol. The van der Waals surface area contributed by atoms with E-state index in [9.17, 15) is 4.39 Å². The predicted octanol–water partition coefficient (Wildman–Crippen LogP) is 3.89. The summed E-state index contributed by atoms with van der Waals surface area (Å²) in [5, 5.41) is 3.46. The van der Waals surface area contributed by atoms with E-state index in [0.717, 1.165) is 13.0 Å². The quantitative estimate of drug-likeness (QED) is 0.798. The first-order valence-corrected chi connectivity index (χ1v) is 6.31. The lowest BCUT2D eigenvalue weighted by Gasteiger charge is -2.26. The van der Waals surface area contributed by atoms with Crippen molar-refractivity contribution in [3.63, 3.8) is 0 Å². The largest absolute Gasteiger partial charge is 0.384 e. The molecule has 2 aromatic carbocycles. The average Bonchev–Trinajstić information content (AvgIpc) is 2.38. The van der Waals surface area contributed by atoms with Crippen LogP contribution in [0.1, 0.15) is 22.6 Å². The summed E-state index contributed by atoms with van der Waals surface area (Å²) in [6.07, 6.45) is 1.02. The van der Waals surface area contributed by atoms with Gasteiger partial charge in [-0.2, -0.15) is 0 Å². The number of fused-ring (bicyclic) bond motifs is 1. The highest BCUT2D eigenvalue weighted by molar-refractivity contribution is 5.55. The summed E-state index contributed by atoms with van der Waals surface area (Å²) in [6.45, 7) is 3.03. The van der Waals surface area contributed by atoms with Gasteiger partial charge in [0.1, 0.15) is 5.82 Å². The van der Waals surface area contributed by atoms with Gasteiger partial charge in [0.15, 0.2) is 0 Å². The van der Waals surface area contributed by atoms with Crippen LogP contribution in [0, 0.1) is 12.7 Å². The maximum Gasteiger partial charge on any atom is 0.123 e. The second kappa shape index (κ2) is 4.45. The molecule has 92 valence electrons. The van der Waals surface area contributed by atoms with Gasteiger partial charge in [0.25, 0.3) is 0 Å². The maximum absolute atomic E-state index is 12.9. The molecule has 1 unspecified atom stereocenters. The molecule has 0 bridgehead atoms. The fraction of sp³-hybridized carbons (Fsp3) is 0.250. The number of benzene rings is 2. The van der Waals surface area contributed by atoms with Crippen LogP contribution < -0.4 is 5.32 Å². The highest BCUT2D eigenvalue weighted by Crippen LogP contribution is 2.31. The Kier molecular flexibility index (Phi) is 2.78. The van der Waals surface area contributed by atoms with Gasteiger partial charge in [-0.15, -0.1) is 0 Å². The van der Waals surface area contributed by atoms with Crippen LogP contribution in [0.3, 0.4) is 0 Å². The highest BCUT2D eigenvalue weighted by Gasteiger charge is 2.19. The third-order valence-corrected chi connectivity index (χ3v) is 3.61. The molecule has 18 heavy (non-hydrogen) atoms. The van der Waals surface area contributed by atoms with Crippen molar-refractivity contribution in [1.29, 1.82) is 0 Å². The van der Waals surface area contributed by atoms with E-state index in [1.54, 1.807) is 12.1 Å². The van der Waals surface area contributed by atoms with E-state index in [0.29, 0.717) is 5.92 Å². The molecule has 1 atom stereocenters. The number of aryl methyl sites for hydroxylation is 1. The molecule has 3 rings (SSSR count). The van der Waals surface area contributed by atoms with Crippen molar-refractivity contribution in [3.05, 3.63) is 65.0 Å². The molecule has 0 fully saturated rings. The molecular formula is C16H16FN. The van der Waals surface area contributed by atoms with Gasteiger partial charge in [0.2, 0.25) is 0 Å². The molecule has 0 spiro atoms. The van der Waals surface area contributed by atoms with E-state index < -0.39 is 0 Å². The Hall–Kier alpha value is -1.83. The minimum atomic E-state index is -0.168. The van der Waals surface area contributed by atoms with E-state index in [-0.39, 0.29) is 5.82 Å². The van der Waals surface area contributed by atoms with Gasteiger partial charge in [-0.05, 0) is 42.7 Å². The third kappa shape index (κ3) is 2.10. The van der Waals surface area contributed by atoms with Gasteiger partial charge in [-0.3, -0.25) is 0 Å². The highest BCUT2D eigenvalue weighted by atomic mass is 19.1. The van der Waals surface area contributed by atoms with E-state index in [2.05, 4.69) is 30.4 Å². The van der Waals surface area contributed by atoms with Gasteiger partial charge in [-0.1, -0.05) is 29.8 Å². The van der Waals surface area contributed by atoms with E-state index >= 15 is 0 Å². The SMILES string of the molecule is Cc1ccc2c(c1)CC(c1ccc(F)cc1)CN2. The number of anilines is 1. The Morgan fingerprint density at radius 2 is 1.89 bits per heavy atom. The second-order valence-electron chi connectivity index (χ2n) is 4.99. The molecule has 0 saturated heterocycles. The zero-order chi connectivity index (χ0) is 12.5. The van der Waals surface area contributed by atoms with Crippen molar-refractivity contribution >= 4 is 5.69 Å². The standard InChI is InChI=1S/C16H16FN/c1-11-2-7-16-13(8-11)9-14(10-18-16)12-3-5-15(17)6-4-12/h2-8,14,18H,9-10H2,1H3. The zero-order valence-corrected chi connectivity index (χ0v) is 10.4. The van der Waals surface area contributed by atoms with Gasteiger partial charge >= 0.3 is 0 Å². The number of nitrogens with one attached hydrogen (secondary N) is 1. The Morgan fingerprint density at radius 3 is 2.67 bits per heavy atom. The summed E-state index contributed by atoms with van der Waals surface area (Å²) in [4.78, 5) is 0. The normalized spacial score (nSPS) is 18.0. The Morgan fingerprint density at radius 1 is 1.11 bits per heavy atom. The molecule has 0 radical (unpaired) electrons. The third-order valence-electron chi connectivity index (χ3n) is 3.61. The molecular weight excluding hydrogens is 225 g/mol. The minimum Gasteiger partial charge on any atom is -0.384 e. The fourth-order valence-electron chi connectivity index (χ4n) is 2.61. The second-order valence-corrected chi connectivity index (χ2v) is 4.99. The molecule has 0 amide bonds. The Bertz CT molecular complexity index is 560. The van der Waals surface area contributed by atoms with Crippen LogP contribution in [-0.4, -0.2) is 6.54 Å². The summed E-state index contributed by atoms with van der Waals surface area (Å²) >= 11 is 0. The van der Waals surface area contributed by atoms with Crippen LogP contribution in [0.4, 0.5) is 10.1 Å². The first kappa shape index (κ1) is 11.3. The van der Waals surface area contributed by atoms with Crippen molar-refractivity contribution in [2.24, 2.45) is 0 Å². The van der Waals surface area contributed by atoms with Crippen LogP contribution in [0.5, 0.6) is 0 Å². The summed E-state index contributed by atoms with van der Waals surface area (Å²) in [5.41, 5.74) is 5.08. The van der Waals surface area contributed by atoms with E-state index in [4.69, 9.17) is 0 Å². The molecule has 2 heteroatoms. The lowest BCUT2D eigenvalue weighted by Crippen LogP contribution is -2.21. The van der Waals surface area contributed by atoms with Crippen molar-refractivity contribution < 1.29 is 4.39 Å². The van der Waals surface area contributed by atoms with Crippen LogP contribution in [0.25, 0.3) is 0 Å². The molecule has 2 aromatic rings. The molecule has 0 aromatic heterocycles. The first-order valence-electron chi connectivity index (χ1n) is 6.31. The fourth-order valence-corrected chi connectivity index (χ4v) is 2.61. The van der Waals surface area contributed by atoms with Gasteiger partial charge in [0, 0.05) is 18.2 Å². The Balaban J connectivity index is 1.88. The molecule has 1 heterocycles. The molecule has 1 aliphatic heterocycles. The van der Waals surface area contributed by atoms with Crippen LogP contribution in [0.2, 0.25) is 0 Å². The number of hydrogen-bond donors (Lipinski definition) is 1. The van der Waals surface area contributed by atoms with Gasteiger partial charge < -0.3 is 5.32 Å². The number of halogens is 1. The first-order chi connectivity index (χ1) is 8.72. The number of rotatable bonds is 1. The zero-order valence-electron chi connectivity index (χ0n) is 10.4. The molecule has 1 nitrogen and oxygen atoms in total. The van der Waals surface area contributed by atoms with Crippen LogP contribution in [0.15, 0.2) is 42.5 Å².